The van der Waals surface area contributed by atoms with Crippen molar-refractivity contribution in [3.8, 4) is 0 Å². The van der Waals surface area contributed by atoms with E-state index in [2.05, 4.69) is 9.97 Å². The lowest BCUT2D eigenvalue weighted by atomic mass is 10.2. The first-order valence-electron chi connectivity index (χ1n) is 5.26. The number of hydrogen-bond donors (Lipinski definition) is 0. The van der Waals surface area contributed by atoms with Crippen LogP contribution in [-0.2, 0) is 15.9 Å². The Morgan fingerprint density at radius 1 is 1.44 bits per heavy atom. The summed E-state index contributed by atoms with van der Waals surface area (Å²) in [6.07, 6.45) is 3.20. The van der Waals surface area contributed by atoms with E-state index in [1.54, 1.807) is 20.4 Å². The van der Waals surface area contributed by atoms with Gasteiger partial charge in [0.1, 0.15) is 11.3 Å². The summed E-state index contributed by atoms with van der Waals surface area (Å²) in [5.41, 5.74) is 0.901. The number of aromatic nitrogens is 2. The molecule has 1 heterocycles. The lowest BCUT2D eigenvalue weighted by Gasteiger charge is -2.12. The number of nitrogens with zero attached hydrogens (tertiary/aromatic N) is 2. The molecule has 0 N–H and O–H groups in total. The van der Waals surface area contributed by atoms with Crippen molar-refractivity contribution in [3.63, 3.8) is 0 Å². The number of halogens is 1. The van der Waals surface area contributed by atoms with Crippen LogP contribution in [0.15, 0.2) is 6.20 Å². The molecule has 1 aromatic rings. The van der Waals surface area contributed by atoms with Gasteiger partial charge in [-0.2, -0.15) is 0 Å². The summed E-state index contributed by atoms with van der Waals surface area (Å²) < 4.78 is 10.2. The molecule has 0 fully saturated rings. The van der Waals surface area contributed by atoms with Crippen molar-refractivity contribution in [3.05, 3.63) is 22.7 Å². The Morgan fingerprint density at radius 3 is 2.69 bits per heavy atom. The Kier molecular flexibility index (Phi) is 5.66. The molecular weight excluding hydrogens is 228 g/mol. The fourth-order valence-corrected chi connectivity index (χ4v) is 1.62. The summed E-state index contributed by atoms with van der Waals surface area (Å²) in [5, 5.41) is 0.484. The van der Waals surface area contributed by atoms with E-state index in [4.69, 9.17) is 21.1 Å². The van der Waals surface area contributed by atoms with Gasteiger partial charge in [0.25, 0.3) is 0 Å². The van der Waals surface area contributed by atoms with E-state index in [9.17, 15) is 0 Å². The summed E-state index contributed by atoms with van der Waals surface area (Å²) in [7, 11) is 3.30. The van der Waals surface area contributed by atoms with Crippen LogP contribution in [0.1, 0.15) is 30.8 Å². The van der Waals surface area contributed by atoms with Gasteiger partial charge in [0.05, 0.1) is 6.61 Å². The molecule has 0 aromatic carbocycles. The number of methoxy groups -OCH3 is 2. The van der Waals surface area contributed by atoms with E-state index in [1.165, 1.54) is 0 Å². The lowest BCUT2D eigenvalue weighted by molar-refractivity contribution is 0.0925. The van der Waals surface area contributed by atoms with Crippen molar-refractivity contribution in [2.24, 2.45) is 0 Å². The molecule has 1 rings (SSSR count). The van der Waals surface area contributed by atoms with Crippen LogP contribution in [0.4, 0.5) is 0 Å². The molecule has 0 radical (unpaired) electrons. The first kappa shape index (κ1) is 13.4. The number of ether oxygens (including phenoxy) is 2. The van der Waals surface area contributed by atoms with Crippen molar-refractivity contribution in [1.29, 1.82) is 0 Å². The minimum atomic E-state index is -0.0889. The summed E-state index contributed by atoms with van der Waals surface area (Å²) in [6, 6.07) is 0. The molecule has 1 atom stereocenters. The highest BCUT2D eigenvalue weighted by molar-refractivity contribution is 6.30. The van der Waals surface area contributed by atoms with Gasteiger partial charge in [0.2, 0.25) is 0 Å². The second-order valence-electron chi connectivity index (χ2n) is 3.42. The Hall–Kier alpha value is -0.710. The quantitative estimate of drug-likeness (QED) is 0.721. The zero-order valence-electron chi connectivity index (χ0n) is 9.86. The predicted octanol–water partition coefficient (Wildman–Crippen LogP) is 2.42. The Morgan fingerprint density at radius 2 is 2.19 bits per heavy atom. The molecule has 90 valence electrons. The minimum Gasteiger partial charge on any atom is -0.384 e. The van der Waals surface area contributed by atoms with Crippen molar-refractivity contribution in [2.75, 3.05) is 20.8 Å². The van der Waals surface area contributed by atoms with Crippen LogP contribution in [0, 0.1) is 0 Å². The molecule has 16 heavy (non-hydrogen) atoms. The highest BCUT2D eigenvalue weighted by Gasteiger charge is 2.13. The SMILES string of the molecule is CCC(OC)c1ncc(CCOC)c(Cl)n1. The molecule has 0 saturated carbocycles. The van der Waals surface area contributed by atoms with Gasteiger partial charge < -0.3 is 9.47 Å². The van der Waals surface area contributed by atoms with Crippen LogP contribution in [0.25, 0.3) is 0 Å². The average Bonchev–Trinajstić information content (AvgIpc) is 2.29. The predicted molar refractivity (Wildman–Crippen MR) is 62.7 cm³/mol. The van der Waals surface area contributed by atoms with Gasteiger partial charge in [0.15, 0.2) is 5.82 Å². The third-order valence-electron chi connectivity index (χ3n) is 2.35. The minimum absolute atomic E-state index is 0.0889. The van der Waals surface area contributed by atoms with E-state index in [0.717, 1.165) is 18.4 Å². The molecule has 0 aliphatic heterocycles. The normalized spacial score (nSPS) is 12.8. The van der Waals surface area contributed by atoms with Crippen LogP contribution >= 0.6 is 11.6 Å². The van der Waals surface area contributed by atoms with E-state index < -0.39 is 0 Å². The third-order valence-corrected chi connectivity index (χ3v) is 2.68. The fraction of sp³-hybridized carbons (Fsp3) is 0.636. The summed E-state index contributed by atoms with van der Waals surface area (Å²) in [6.45, 7) is 2.63. The molecular formula is C11H17ClN2O2. The van der Waals surface area contributed by atoms with Gasteiger partial charge in [0, 0.05) is 32.4 Å². The van der Waals surface area contributed by atoms with Crippen LogP contribution < -0.4 is 0 Å². The highest BCUT2D eigenvalue weighted by Crippen LogP contribution is 2.20. The van der Waals surface area contributed by atoms with Crippen LogP contribution in [0.2, 0.25) is 5.15 Å². The number of hydrogen-bond acceptors (Lipinski definition) is 4. The standard InChI is InChI=1S/C11H17ClN2O2/c1-4-9(16-3)11-13-7-8(5-6-15-2)10(12)14-11/h7,9H,4-6H2,1-3H3. The molecule has 0 spiro atoms. The molecule has 0 bridgehead atoms. The van der Waals surface area contributed by atoms with Crippen molar-refractivity contribution >= 4 is 11.6 Å². The van der Waals surface area contributed by atoms with E-state index >= 15 is 0 Å². The van der Waals surface area contributed by atoms with E-state index in [0.29, 0.717) is 17.6 Å². The monoisotopic (exact) mass is 244 g/mol. The van der Waals surface area contributed by atoms with E-state index in [1.807, 2.05) is 6.92 Å². The van der Waals surface area contributed by atoms with Crippen molar-refractivity contribution in [2.45, 2.75) is 25.9 Å². The Labute approximate surface area is 101 Å². The van der Waals surface area contributed by atoms with Gasteiger partial charge >= 0.3 is 0 Å². The lowest BCUT2D eigenvalue weighted by Crippen LogP contribution is -2.07. The second kappa shape index (κ2) is 6.78. The molecule has 0 amide bonds. The van der Waals surface area contributed by atoms with Gasteiger partial charge in [-0.25, -0.2) is 9.97 Å². The van der Waals surface area contributed by atoms with Crippen LogP contribution in [0.5, 0.6) is 0 Å². The van der Waals surface area contributed by atoms with Gasteiger partial charge in [-0.3, -0.25) is 0 Å². The summed E-state index contributed by atoms with van der Waals surface area (Å²) >= 11 is 6.06. The molecule has 1 aromatic heterocycles. The second-order valence-corrected chi connectivity index (χ2v) is 3.78. The van der Waals surface area contributed by atoms with Crippen molar-refractivity contribution in [1.82, 2.24) is 9.97 Å². The summed E-state index contributed by atoms with van der Waals surface area (Å²) in [5.74, 6) is 0.635. The van der Waals surface area contributed by atoms with Gasteiger partial charge in [-0.1, -0.05) is 18.5 Å². The molecule has 0 aliphatic carbocycles. The molecule has 4 nitrogen and oxygen atoms in total. The topological polar surface area (TPSA) is 44.2 Å². The fourth-order valence-electron chi connectivity index (χ4n) is 1.39. The first-order valence-corrected chi connectivity index (χ1v) is 5.63. The number of rotatable bonds is 6. The molecule has 0 aliphatic rings. The van der Waals surface area contributed by atoms with Gasteiger partial charge in [-0.15, -0.1) is 0 Å². The smallest absolute Gasteiger partial charge is 0.158 e. The van der Waals surface area contributed by atoms with Crippen LogP contribution in [0.3, 0.4) is 0 Å². The van der Waals surface area contributed by atoms with Gasteiger partial charge in [-0.05, 0) is 6.42 Å². The Bertz CT molecular complexity index is 330. The maximum Gasteiger partial charge on any atom is 0.158 e. The largest absolute Gasteiger partial charge is 0.384 e. The first-order chi connectivity index (χ1) is 7.72. The zero-order valence-corrected chi connectivity index (χ0v) is 10.6. The van der Waals surface area contributed by atoms with Crippen LogP contribution in [-0.4, -0.2) is 30.8 Å². The zero-order chi connectivity index (χ0) is 12.0. The highest BCUT2D eigenvalue weighted by atomic mass is 35.5. The molecule has 5 heteroatoms. The Balaban J connectivity index is 2.81. The third kappa shape index (κ3) is 3.40. The molecule has 1 unspecified atom stereocenters. The van der Waals surface area contributed by atoms with E-state index in [-0.39, 0.29) is 6.10 Å². The maximum absolute atomic E-state index is 6.06. The summed E-state index contributed by atoms with van der Waals surface area (Å²) in [4.78, 5) is 8.50. The van der Waals surface area contributed by atoms with Crippen molar-refractivity contribution < 1.29 is 9.47 Å². The molecule has 0 saturated heterocycles. The average molecular weight is 245 g/mol. The maximum atomic E-state index is 6.06.